The first-order chi connectivity index (χ1) is 6.63. The number of aliphatic hydroxyl groups is 1. The minimum absolute atomic E-state index is 0.0345. The van der Waals surface area contributed by atoms with Crippen LogP contribution in [0.15, 0.2) is 30.0 Å². The van der Waals surface area contributed by atoms with Gasteiger partial charge in [0.25, 0.3) is 5.69 Å². The minimum Gasteiger partial charge on any atom is -0.505 e. The number of carbonyl (C=O) groups excluding carboxylic acids is 1. The van der Waals surface area contributed by atoms with Crippen molar-refractivity contribution in [1.82, 2.24) is 0 Å². The molecule has 0 aliphatic heterocycles. The highest BCUT2D eigenvalue weighted by Gasteiger charge is 2.02. The number of carbonyl (C=O) groups is 1. The number of hydrogen-bond donors (Lipinski definition) is 1. The van der Waals surface area contributed by atoms with Crippen LogP contribution in [-0.4, -0.2) is 16.3 Å². The molecule has 0 unspecified atom stereocenters. The molecule has 1 aromatic rings. The van der Waals surface area contributed by atoms with Crippen LogP contribution in [-0.2, 0) is 4.79 Å². The van der Waals surface area contributed by atoms with E-state index in [4.69, 9.17) is 5.11 Å². The van der Waals surface area contributed by atoms with Crippen molar-refractivity contribution in [3.05, 3.63) is 45.7 Å². The van der Waals surface area contributed by atoms with E-state index >= 15 is 0 Å². The molecule has 0 aliphatic carbocycles. The largest absolute Gasteiger partial charge is 0.505 e. The lowest BCUT2D eigenvalue weighted by atomic mass is 10.2. The summed E-state index contributed by atoms with van der Waals surface area (Å²) >= 11 is 0. The lowest BCUT2D eigenvalue weighted by molar-refractivity contribution is -0.384. The van der Waals surface area contributed by atoms with Crippen molar-refractivity contribution in [3.63, 3.8) is 0 Å². The number of nitro benzene ring substituents is 1. The second-order valence-electron chi connectivity index (χ2n) is 2.54. The summed E-state index contributed by atoms with van der Waals surface area (Å²) in [6, 6.07) is 5.48. The Bertz CT molecular complexity index is 380. The Labute approximate surface area is 79.4 Å². The topological polar surface area (TPSA) is 80.4 Å². The van der Waals surface area contributed by atoms with Gasteiger partial charge in [-0.2, -0.15) is 0 Å². The molecule has 1 aromatic carbocycles. The van der Waals surface area contributed by atoms with Gasteiger partial charge in [0, 0.05) is 12.1 Å². The van der Waals surface area contributed by atoms with E-state index in [1.165, 1.54) is 30.3 Å². The van der Waals surface area contributed by atoms with Crippen molar-refractivity contribution in [2.75, 3.05) is 0 Å². The Balaban J connectivity index is 2.94. The van der Waals surface area contributed by atoms with Crippen molar-refractivity contribution in [3.8, 4) is 0 Å². The molecule has 1 N–H and O–H groups in total. The Kier molecular flexibility index (Phi) is 2.96. The summed E-state index contributed by atoms with van der Waals surface area (Å²) in [7, 11) is 0. The minimum atomic E-state index is -0.521. The number of aldehydes is 1. The molecule has 0 aromatic heterocycles. The number of benzene rings is 1. The maximum absolute atomic E-state index is 10.3. The van der Waals surface area contributed by atoms with Crippen molar-refractivity contribution in [2.24, 2.45) is 0 Å². The van der Waals surface area contributed by atoms with Gasteiger partial charge >= 0.3 is 0 Å². The standard InChI is InChI=1S/C9H7NO4/c11-6-9(12)5-7-1-3-8(4-2-7)10(13)14/h1-6,12H/b9-5-. The van der Waals surface area contributed by atoms with E-state index in [1.807, 2.05) is 0 Å². The Hall–Kier alpha value is -2.17. The molecule has 0 saturated heterocycles. The zero-order valence-corrected chi connectivity index (χ0v) is 7.08. The fraction of sp³-hybridized carbons (Fsp3) is 0. The number of rotatable bonds is 3. The second-order valence-corrected chi connectivity index (χ2v) is 2.54. The van der Waals surface area contributed by atoms with Gasteiger partial charge in [0.2, 0.25) is 0 Å². The first-order valence-corrected chi connectivity index (χ1v) is 3.74. The number of nitro groups is 1. The van der Waals surface area contributed by atoms with Crippen LogP contribution in [0.4, 0.5) is 5.69 Å². The number of non-ortho nitro benzene ring substituents is 1. The smallest absolute Gasteiger partial charge is 0.269 e. The summed E-state index contributed by atoms with van der Waals surface area (Å²) in [5, 5.41) is 19.1. The molecule has 0 radical (unpaired) electrons. The lowest BCUT2D eigenvalue weighted by Crippen LogP contribution is -1.87. The van der Waals surface area contributed by atoms with E-state index in [0.717, 1.165) is 0 Å². The predicted octanol–water partition coefficient (Wildman–Crippen LogP) is 1.69. The molecule has 0 bridgehead atoms. The Morgan fingerprint density at radius 1 is 1.36 bits per heavy atom. The van der Waals surface area contributed by atoms with Crippen LogP contribution in [0.2, 0.25) is 0 Å². The maximum atomic E-state index is 10.3. The van der Waals surface area contributed by atoms with Crippen LogP contribution >= 0.6 is 0 Å². The zero-order chi connectivity index (χ0) is 10.6. The third kappa shape index (κ3) is 2.41. The number of nitrogens with zero attached hydrogens (tertiary/aromatic N) is 1. The molecule has 5 nitrogen and oxygen atoms in total. The molecule has 0 amide bonds. The first-order valence-electron chi connectivity index (χ1n) is 3.74. The van der Waals surface area contributed by atoms with Gasteiger partial charge in [-0.1, -0.05) is 0 Å². The molecule has 72 valence electrons. The fourth-order valence-corrected chi connectivity index (χ4v) is 0.897. The van der Waals surface area contributed by atoms with E-state index < -0.39 is 10.7 Å². The highest BCUT2D eigenvalue weighted by molar-refractivity contribution is 5.78. The Morgan fingerprint density at radius 2 is 1.93 bits per heavy atom. The highest BCUT2D eigenvalue weighted by Crippen LogP contribution is 2.13. The normalized spacial score (nSPS) is 11.0. The summed E-state index contributed by atoms with van der Waals surface area (Å²) in [5.74, 6) is -0.418. The second kappa shape index (κ2) is 4.18. The van der Waals surface area contributed by atoms with Crippen molar-refractivity contribution < 1.29 is 14.8 Å². The number of allylic oxidation sites excluding steroid dienone is 1. The molecule has 14 heavy (non-hydrogen) atoms. The number of hydrogen-bond acceptors (Lipinski definition) is 4. The summed E-state index contributed by atoms with van der Waals surface area (Å²) in [4.78, 5) is 19.8. The van der Waals surface area contributed by atoms with E-state index in [9.17, 15) is 14.9 Å². The Morgan fingerprint density at radius 3 is 2.36 bits per heavy atom. The number of aliphatic hydroxyl groups excluding tert-OH is 1. The van der Waals surface area contributed by atoms with Gasteiger partial charge in [-0.15, -0.1) is 0 Å². The summed E-state index contributed by atoms with van der Waals surface area (Å²) in [6.07, 6.45) is 1.51. The van der Waals surface area contributed by atoms with Gasteiger partial charge in [-0.3, -0.25) is 14.9 Å². The first kappa shape index (κ1) is 9.91. The van der Waals surface area contributed by atoms with Crippen molar-refractivity contribution in [1.29, 1.82) is 0 Å². The molecule has 0 aliphatic rings. The lowest BCUT2D eigenvalue weighted by Gasteiger charge is -1.93. The van der Waals surface area contributed by atoms with E-state index in [-0.39, 0.29) is 5.69 Å². The van der Waals surface area contributed by atoms with Gasteiger partial charge in [0.1, 0.15) is 0 Å². The van der Waals surface area contributed by atoms with Crippen LogP contribution in [0, 0.1) is 10.1 Å². The molecular weight excluding hydrogens is 186 g/mol. The van der Waals surface area contributed by atoms with E-state index in [1.54, 1.807) is 0 Å². The van der Waals surface area contributed by atoms with Gasteiger partial charge < -0.3 is 5.11 Å². The van der Waals surface area contributed by atoms with Crippen LogP contribution < -0.4 is 0 Å². The molecular formula is C9H7NO4. The van der Waals surface area contributed by atoms with Crippen LogP contribution in [0.3, 0.4) is 0 Å². The van der Waals surface area contributed by atoms with Crippen molar-refractivity contribution in [2.45, 2.75) is 0 Å². The maximum Gasteiger partial charge on any atom is 0.269 e. The van der Waals surface area contributed by atoms with Crippen LogP contribution in [0.1, 0.15) is 5.56 Å². The quantitative estimate of drug-likeness (QED) is 0.260. The monoisotopic (exact) mass is 193 g/mol. The molecule has 0 fully saturated rings. The van der Waals surface area contributed by atoms with E-state index in [2.05, 4.69) is 0 Å². The SMILES string of the molecule is O=C/C(O)=C/c1ccc([N+](=O)[O-])cc1. The highest BCUT2D eigenvalue weighted by atomic mass is 16.6. The van der Waals surface area contributed by atoms with Crippen molar-refractivity contribution >= 4 is 18.0 Å². The average Bonchev–Trinajstić information content (AvgIpc) is 2.18. The average molecular weight is 193 g/mol. The third-order valence-corrected chi connectivity index (χ3v) is 1.54. The van der Waals surface area contributed by atoms with Gasteiger partial charge in [0.05, 0.1) is 4.92 Å². The summed E-state index contributed by atoms with van der Waals surface area (Å²) in [6.45, 7) is 0. The van der Waals surface area contributed by atoms with Gasteiger partial charge in [-0.25, -0.2) is 0 Å². The van der Waals surface area contributed by atoms with Crippen LogP contribution in [0.25, 0.3) is 6.08 Å². The van der Waals surface area contributed by atoms with Crippen LogP contribution in [0.5, 0.6) is 0 Å². The zero-order valence-electron chi connectivity index (χ0n) is 7.08. The van der Waals surface area contributed by atoms with Gasteiger partial charge in [0.15, 0.2) is 12.0 Å². The molecule has 1 rings (SSSR count). The molecule has 5 heteroatoms. The molecule has 0 saturated carbocycles. The molecule has 0 spiro atoms. The van der Waals surface area contributed by atoms with E-state index in [0.29, 0.717) is 11.8 Å². The third-order valence-electron chi connectivity index (χ3n) is 1.54. The van der Waals surface area contributed by atoms with Gasteiger partial charge in [-0.05, 0) is 23.8 Å². The summed E-state index contributed by atoms with van der Waals surface area (Å²) < 4.78 is 0. The fourth-order valence-electron chi connectivity index (χ4n) is 0.897. The molecule has 0 atom stereocenters. The molecule has 0 heterocycles. The summed E-state index contributed by atoms with van der Waals surface area (Å²) in [5.41, 5.74) is 0.493. The predicted molar refractivity (Wildman–Crippen MR) is 49.8 cm³/mol.